The number of guanidine groups is 1. The van der Waals surface area contributed by atoms with Gasteiger partial charge in [-0.3, -0.25) is 4.79 Å². The highest BCUT2D eigenvalue weighted by Gasteiger charge is 2.27. The van der Waals surface area contributed by atoms with Gasteiger partial charge in [-0.05, 0) is 75.1 Å². The summed E-state index contributed by atoms with van der Waals surface area (Å²) in [5, 5.41) is 5.92. The van der Waals surface area contributed by atoms with Crippen LogP contribution in [0.4, 0.5) is 31.8 Å². The summed E-state index contributed by atoms with van der Waals surface area (Å²) >= 11 is 5.73. The Kier molecular flexibility index (Phi) is 9.36. The van der Waals surface area contributed by atoms with Crippen LogP contribution in [-0.2, 0) is 11.2 Å². The van der Waals surface area contributed by atoms with E-state index >= 15 is 0 Å². The number of carbonyl (C=O) groups excluding carboxylic acids is 1. The van der Waals surface area contributed by atoms with E-state index in [0.717, 1.165) is 63.7 Å². The lowest BCUT2D eigenvalue weighted by molar-refractivity contribution is -0.122. The summed E-state index contributed by atoms with van der Waals surface area (Å²) in [7, 11) is 0. The first kappa shape index (κ1) is 29.5. The first-order valence-corrected chi connectivity index (χ1v) is 14.6. The van der Waals surface area contributed by atoms with Crippen molar-refractivity contribution in [2.45, 2.75) is 51.0 Å². The highest BCUT2D eigenvalue weighted by atomic mass is 35.5. The lowest BCUT2D eigenvalue weighted by Crippen LogP contribution is -2.42. The van der Waals surface area contributed by atoms with Gasteiger partial charge in [0.15, 0.2) is 17.6 Å². The molecule has 0 radical (unpaired) electrons. The zero-order chi connectivity index (χ0) is 29.6. The first-order chi connectivity index (χ1) is 20.2. The molecule has 2 aromatic carbocycles. The van der Waals surface area contributed by atoms with Gasteiger partial charge in [0, 0.05) is 35.8 Å². The van der Waals surface area contributed by atoms with Crippen molar-refractivity contribution in [1.29, 1.82) is 0 Å². The fourth-order valence-corrected chi connectivity index (χ4v) is 5.94. The topological polar surface area (TPSA) is 135 Å². The van der Waals surface area contributed by atoms with Gasteiger partial charge in [0.1, 0.15) is 11.4 Å². The number of para-hydroxylation sites is 1. The largest absolute Gasteiger partial charge is 0.369 e. The number of hydrogen-bond donors (Lipinski definition) is 4. The molecule has 1 aliphatic carbocycles. The Balaban J connectivity index is 1.35. The Hall–Kier alpha value is -3.99. The van der Waals surface area contributed by atoms with Crippen molar-refractivity contribution >= 4 is 46.5 Å². The maximum atomic E-state index is 14.3. The van der Waals surface area contributed by atoms with Gasteiger partial charge < -0.3 is 27.0 Å². The van der Waals surface area contributed by atoms with E-state index in [1.165, 1.54) is 5.69 Å². The summed E-state index contributed by atoms with van der Waals surface area (Å²) in [5.74, 6) is -1.62. The molecule has 2 fully saturated rings. The molecule has 1 aliphatic heterocycles. The number of nitrogens with two attached hydrogens (primary N) is 2. The van der Waals surface area contributed by atoms with Crippen LogP contribution >= 0.6 is 11.6 Å². The van der Waals surface area contributed by atoms with E-state index in [-0.39, 0.29) is 34.8 Å². The van der Waals surface area contributed by atoms with E-state index in [1.54, 1.807) is 6.20 Å². The maximum absolute atomic E-state index is 14.3. The molecule has 1 amide bonds. The average Bonchev–Trinajstić information content (AvgIpc) is 2.97. The molecule has 222 valence electrons. The van der Waals surface area contributed by atoms with Crippen molar-refractivity contribution in [2.75, 3.05) is 28.6 Å². The number of hydrogen-bond acceptors (Lipinski definition) is 6. The van der Waals surface area contributed by atoms with E-state index in [1.807, 2.05) is 18.2 Å². The Morgan fingerprint density at radius 3 is 2.48 bits per heavy atom. The number of benzene rings is 2. The minimum absolute atomic E-state index is 0.0688. The van der Waals surface area contributed by atoms with Crippen LogP contribution in [0.25, 0.3) is 0 Å². The molecule has 5 rings (SSSR count). The van der Waals surface area contributed by atoms with Gasteiger partial charge in [-0.1, -0.05) is 29.8 Å². The van der Waals surface area contributed by atoms with Crippen molar-refractivity contribution < 1.29 is 13.6 Å². The van der Waals surface area contributed by atoms with E-state index < -0.39 is 17.3 Å². The lowest BCUT2D eigenvalue weighted by Gasteiger charge is -2.34. The number of piperidine rings is 1. The monoisotopic (exact) mass is 596 g/mol. The number of aliphatic imine (C=N–C) groups is 1. The number of nitrogens with zero attached hydrogens (tertiary/aromatic N) is 4. The lowest BCUT2D eigenvalue weighted by atomic mass is 9.79. The van der Waals surface area contributed by atoms with E-state index in [4.69, 9.17) is 28.1 Å². The van der Waals surface area contributed by atoms with Crippen LogP contribution in [0.15, 0.2) is 53.7 Å². The van der Waals surface area contributed by atoms with Crippen LogP contribution in [0.3, 0.4) is 0 Å². The second-order valence-corrected chi connectivity index (χ2v) is 11.4. The zero-order valence-electron chi connectivity index (χ0n) is 23.2. The summed E-state index contributed by atoms with van der Waals surface area (Å²) in [4.78, 5) is 27.7. The number of rotatable bonds is 8. The van der Waals surface area contributed by atoms with Crippen molar-refractivity contribution in [2.24, 2.45) is 28.3 Å². The molecule has 1 saturated heterocycles. The van der Waals surface area contributed by atoms with Crippen LogP contribution < -0.4 is 27.0 Å². The molecule has 9 nitrogen and oxygen atoms in total. The molecule has 0 bridgehead atoms. The van der Waals surface area contributed by atoms with Crippen LogP contribution in [0.5, 0.6) is 0 Å². The number of aromatic nitrogens is 2. The normalized spacial score (nSPS) is 21.2. The van der Waals surface area contributed by atoms with Crippen molar-refractivity contribution in [3.63, 3.8) is 0 Å². The molecule has 1 atom stereocenters. The molecule has 12 heteroatoms. The van der Waals surface area contributed by atoms with Crippen molar-refractivity contribution in [1.82, 2.24) is 9.97 Å². The number of halogens is 3. The number of carbonyl (C=O) groups is 1. The molecule has 2 aliphatic rings. The SMILES string of the molecule is N/C(=N\c1cnc(N[C@@H]2CCCN(c3ccccc3)C2)nc1C[C@H]1CC[C@@H](C(N)=O)CC1)Nc1c(F)cc(Cl)cc1F. The summed E-state index contributed by atoms with van der Waals surface area (Å²) < 4.78 is 28.7. The fraction of sp³-hybridized carbons (Fsp3) is 0.400. The number of amides is 1. The maximum Gasteiger partial charge on any atom is 0.223 e. The third-order valence-corrected chi connectivity index (χ3v) is 8.17. The van der Waals surface area contributed by atoms with Crippen LogP contribution in [0.1, 0.15) is 44.2 Å². The zero-order valence-corrected chi connectivity index (χ0v) is 24.0. The van der Waals surface area contributed by atoms with Gasteiger partial charge in [0.2, 0.25) is 11.9 Å². The number of anilines is 3. The van der Waals surface area contributed by atoms with E-state index in [2.05, 4.69) is 37.6 Å². The van der Waals surface area contributed by atoms with Crippen LogP contribution in [0.2, 0.25) is 5.02 Å². The summed E-state index contributed by atoms with van der Waals surface area (Å²) in [6.07, 6.45) is 7.27. The van der Waals surface area contributed by atoms with Crippen LogP contribution in [-0.4, -0.2) is 41.0 Å². The summed E-state index contributed by atoms with van der Waals surface area (Å²) in [6.45, 7) is 1.80. The molecule has 0 spiro atoms. The Morgan fingerprint density at radius 1 is 1.07 bits per heavy atom. The Morgan fingerprint density at radius 2 is 1.79 bits per heavy atom. The number of primary amides is 1. The standard InChI is InChI=1S/C30H35ClF2N8O/c31-20-14-23(32)27(24(33)15-20)40-29(35)38-26-16-36-30(39-25(26)13-18-8-10-19(11-9-18)28(34)42)37-21-5-4-12-41(17-21)22-6-2-1-3-7-22/h1-3,6-7,14-16,18-19,21H,4-5,8-13,17H2,(H2,34,42)(H3,35,38,40)(H,36,37,39)/t18-,19+,21-/m1/s1. The minimum atomic E-state index is -0.891. The highest BCUT2D eigenvalue weighted by molar-refractivity contribution is 6.30. The summed E-state index contributed by atoms with van der Waals surface area (Å²) in [5.41, 5.74) is 13.4. The molecule has 3 aromatic rings. The van der Waals surface area contributed by atoms with E-state index in [9.17, 15) is 13.6 Å². The van der Waals surface area contributed by atoms with Gasteiger partial charge in [-0.2, -0.15) is 0 Å². The molecule has 0 unspecified atom stereocenters. The van der Waals surface area contributed by atoms with Crippen LogP contribution in [0, 0.1) is 23.5 Å². The second-order valence-electron chi connectivity index (χ2n) is 11.0. The first-order valence-electron chi connectivity index (χ1n) is 14.2. The molecule has 2 heterocycles. The quantitative estimate of drug-likeness (QED) is 0.202. The second kappa shape index (κ2) is 13.3. The molecule has 42 heavy (non-hydrogen) atoms. The molecular formula is C30H35ClF2N8O. The van der Waals surface area contributed by atoms with Crippen molar-refractivity contribution in [3.05, 3.63) is 71.0 Å². The molecular weight excluding hydrogens is 562 g/mol. The molecule has 1 aromatic heterocycles. The molecule has 1 saturated carbocycles. The van der Waals surface area contributed by atoms with E-state index in [0.29, 0.717) is 23.8 Å². The highest BCUT2D eigenvalue weighted by Crippen LogP contribution is 2.33. The number of nitrogens with one attached hydrogen (secondary N) is 2. The van der Waals surface area contributed by atoms with Gasteiger partial charge in [-0.25, -0.2) is 23.7 Å². The fourth-order valence-electron chi connectivity index (χ4n) is 5.75. The van der Waals surface area contributed by atoms with Gasteiger partial charge >= 0.3 is 0 Å². The Labute approximate surface area is 248 Å². The van der Waals surface area contributed by atoms with Gasteiger partial charge in [0.05, 0.1) is 11.9 Å². The van der Waals surface area contributed by atoms with Gasteiger partial charge in [-0.15, -0.1) is 0 Å². The molecule has 6 N–H and O–H groups in total. The predicted molar refractivity (Wildman–Crippen MR) is 162 cm³/mol. The minimum Gasteiger partial charge on any atom is -0.369 e. The van der Waals surface area contributed by atoms with Gasteiger partial charge in [0.25, 0.3) is 0 Å². The average molecular weight is 597 g/mol. The van der Waals surface area contributed by atoms with Crippen molar-refractivity contribution in [3.8, 4) is 0 Å². The summed E-state index contributed by atoms with van der Waals surface area (Å²) in [6, 6.07) is 12.4. The third-order valence-electron chi connectivity index (χ3n) is 7.95. The third kappa shape index (κ3) is 7.44. The Bertz CT molecular complexity index is 1410. The smallest absolute Gasteiger partial charge is 0.223 e. The predicted octanol–water partition coefficient (Wildman–Crippen LogP) is 5.38.